The molecule has 0 saturated carbocycles. The minimum atomic E-state index is 0.633. The van der Waals surface area contributed by atoms with Gasteiger partial charge in [0, 0.05) is 33.0 Å². The molecule has 1 aromatic carbocycles. The Morgan fingerprint density at radius 2 is 2.08 bits per heavy atom. The number of fused-ring (bicyclic) bond motifs is 2. The standard InChI is InChI=1S/C18H24N6/c1-3-16-21-22-17-9-8-13(12-24(16)17)10-19-11-18-20-14-6-4-5-7-15(14)23(18)2/h4-7,13,19H,3,8-12H2,1-2H3/t13-/m0/s1. The Kier molecular flexibility index (Phi) is 4.06. The highest BCUT2D eigenvalue weighted by Gasteiger charge is 2.22. The van der Waals surface area contributed by atoms with E-state index in [1.165, 1.54) is 11.9 Å². The van der Waals surface area contributed by atoms with Gasteiger partial charge in [0.1, 0.15) is 17.5 Å². The zero-order valence-electron chi connectivity index (χ0n) is 14.4. The Morgan fingerprint density at radius 1 is 1.21 bits per heavy atom. The van der Waals surface area contributed by atoms with Gasteiger partial charge in [0.15, 0.2) is 0 Å². The van der Waals surface area contributed by atoms with E-state index in [2.05, 4.69) is 56.8 Å². The van der Waals surface area contributed by atoms with Crippen molar-refractivity contribution in [2.75, 3.05) is 6.54 Å². The molecule has 0 saturated heterocycles. The van der Waals surface area contributed by atoms with Crippen molar-refractivity contribution >= 4 is 11.0 Å². The predicted molar refractivity (Wildman–Crippen MR) is 93.6 cm³/mol. The van der Waals surface area contributed by atoms with Gasteiger partial charge in [0.05, 0.1) is 17.6 Å². The SMILES string of the molecule is CCc1nnc2n1C[C@H](CNCc1nc3ccccc3n1C)CC2. The minimum absolute atomic E-state index is 0.633. The summed E-state index contributed by atoms with van der Waals surface area (Å²) in [4.78, 5) is 4.73. The van der Waals surface area contributed by atoms with Crippen molar-refractivity contribution in [3.63, 3.8) is 0 Å². The third kappa shape index (κ3) is 2.71. The van der Waals surface area contributed by atoms with Crippen LogP contribution in [-0.2, 0) is 33.0 Å². The molecule has 3 heterocycles. The fraction of sp³-hybridized carbons (Fsp3) is 0.500. The summed E-state index contributed by atoms with van der Waals surface area (Å²) in [7, 11) is 2.09. The number of nitrogens with one attached hydrogen (secondary N) is 1. The molecule has 0 amide bonds. The van der Waals surface area contributed by atoms with Gasteiger partial charge in [-0.15, -0.1) is 10.2 Å². The highest BCUT2D eigenvalue weighted by molar-refractivity contribution is 5.75. The van der Waals surface area contributed by atoms with Crippen LogP contribution in [0.3, 0.4) is 0 Å². The third-order valence-corrected chi connectivity index (χ3v) is 5.03. The molecule has 6 heteroatoms. The summed E-state index contributed by atoms with van der Waals surface area (Å²) in [6.45, 7) is 4.98. The van der Waals surface area contributed by atoms with Gasteiger partial charge >= 0.3 is 0 Å². The first-order valence-electron chi connectivity index (χ1n) is 8.78. The number of benzene rings is 1. The second kappa shape index (κ2) is 6.36. The molecule has 1 N–H and O–H groups in total. The fourth-order valence-corrected chi connectivity index (χ4v) is 3.62. The van der Waals surface area contributed by atoms with Crippen molar-refractivity contribution in [1.29, 1.82) is 0 Å². The van der Waals surface area contributed by atoms with Crippen molar-refractivity contribution < 1.29 is 0 Å². The maximum absolute atomic E-state index is 4.73. The van der Waals surface area contributed by atoms with Crippen LogP contribution in [0, 0.1) is 5.92 Å². The highest BCUT2D eigenvalue weighted by Crippen LogP contribution is 2.20. The van der Waals surface area contributed by atoms with E-state index in [-0.39, 0.29) is 0 Å². The number of nitrogens with zero attached hydrogens (tertiary/aromatic N) is 5. The first-order valence-corrected chi connectivity index (χ1v) is 8.78. The lowest BCUT2D eigenvalue weighted by Gasteiger charge is -2.24. The molecule has 3 aromatic rings. The van der Waals surface area contributed by atoms with E-state index >= 15 is 0 Å². The number of aromatic nitrogens is 5. The molecule has 4 rings (SSSR count). The van der Waals surface area contributed by atoms with Crippen LogP contribution < -0.4 is 5.32 Å². The summed E-state index contributed by atoms with van der Waals surface area (Å²) in [5.74, 6) is 3.99. The number of hydrogen-bond donors (Lipinski definition) is 1. The number of para-hydroxylation sites is 2. The molecule has 1 aliphatic heterocycles. The van der Waals surface area contributed by atoms with Crippen LogP contribution in [0.2, 0.25) is 0 Å². The predicted octanol–water partition coefficient (Wildman–Crippen LogP) is 2.08. The van der Waals surface area contributed by atoms with E-state index in [9.17, 15) is 0 Å². The second-order valence-electron chi connectivity index (χ2n) is 6.61. The lowest BCUT2D eigenvalue weighted by atomic mass is 9.99. The lowest BCUT2D eigenvalue weighted by Crippen LogP contribution is -2.31. The van der Waals surface area contributed by atoms with Crippen molar-refractivity contribution in [2.24, 2.45) is 13.0 Å². The summed E-state index contributed by atoms with van der Waals surface area (Å²) in [5, 5.41) is 12.2. The Hall–Kier alpha value is -2.21. The molecule has 1 atom stereocenters. The lowest BCUT2D eigenvalue weighted by molar-refractivity contribution is 0.341. The monoisotopic (exact) mass is 324 g/mol. The topological polar surface area (TPSA) is 60.6 Å². The average Bonchev–Trinajstić information content (AvgIpc) is 3.16. The molecule has 126 valence electrons. The maximum Gasteiger partial charge on any atom is 0.133 e. The second-order valence-corrected chi connectivity index (χ2v) is 6.61. The van der Waals surface area contributed by atoms with E-state index < -0.39 is 0 Å². The highest BCUT2D eigenvalue weighted by atomic mass is 15.3. The van der Waals surface area contributed by atoms with Gasteiger partial charge in [-0.3, -0.25) is 0 Å². The summed E-state index contributed by atoms with van der Waals surface area (Å²) in [6, 6.07) is 8.29. The Bertz CT molecular complexity index is 833. The molecule has 0 aliphatic carbocycles. The summed E-state index contributed by atoms with van der Waals surface area (Å²) in [5.41, 5.74) is 2.25. The van der Waals surface area contributed by atoms with E-state index in [4.69, 9.17) is 4.98 Å². The zero-order chi connectivity index (χ0) is 16.5. The molecule has 24 heavy (non-hydrogen) atoms. The number of hydrogen-bond acceptors (Lipinski definition) is 4. The molecule has 1 aliphatic rings. The largest absolute Gasteiger partial charge is 0.330 e. The molecule has 0 fully saturated rings. The van der Waals surface area contributed by atoms with Crippen LogP contribution in [0.4, 0.5) is 0 Å². The average molecular weight is 324 g/mol. The molecule has 0 spiro atoms. The van der Waals surface area contributed by atoms with Gasteiger partial charge in [-0.2, -0.15) is 0 Å². The molecule has 2 aromatic heterocycles. The van der Waals surface area contributed by atoms with Crippen molar-refractivity contribution in [3.8, 4) is 0 Å². The molecule has 6 nitrogen and oxygen atoms in total. The normalized spacial score (nSPS) is 17.3. The van der Waals surface area contributed by atoms with E-state index in [0.29, 0.717) is 5.92 Å². The van der Waals surface area contributed by atoms with Crippen molar-refractivity contribution in [2.45, 2.75) is 39.3 Å². The zero-order valence-corrected chi connectivity index (χ0v) is 14.4. The van der Waals surface area contributed by atoms with E-state index in [0.717, 1.165) is 55.5 Å². The van der Waals surface area contributed by atoms with Crippen LogP contribution in [0.25, 0.3) is 11.0 Å². The van der Waals surface area contributed by atoms with Crippen LogP contribution >= 0.6 is 0 Å². The van der Waals surface area contributed by atoms with Crippen LogP contribution in [0.15, 0.2) is 24.3 Å². The molecule has 0 bridgehead atoms. The Balaban J connectivity index is 1.38. The van der Waals surface area contributed by atoms with Gasteiger partial charge in [0.25, 0.3) is 0 Å². The van der Waals surface area contributed by atoms with Gasteiger partial charge in [-0.05, 0) is 24.5 Å². The first kappa shape index (κ1) is 15.3. The minimum Gasteiger partial charge on any atom is -0.330 e. The smallest absolute Gasteiger partial charge is 0.133 e. The Morgan fingerprint density at radius 3 is 2.92 bits per heavy atom. The van der Waals surface area contributed by atoms with Gasteiger partial charge in [-0.25, -0.2) is 4.98 Å². The number of aryl methyl sites for hydroxylation is 3. The first-order chi connectivity index (χ1) is 11.8. The van der Waals surface area contributed by atoms with Gasteiger partial charge in [0.2, 0.25) is 0 Å². The molecular weight excluding hydrogens is 300 g/mol. The fourth-order valence-electron chi connectivity index (χ4n) is 3.62. The summed E-state index contributed by atoms with van der Waals surface area (Å²) in [6.07, 6.45) is 3.16. The Labute approximate surface area is 141 Å². The summed E-state index contributed by atoms with van der Waals surface area (Å²) < 4.78 is 4.49. The molecular formula is C18H24N6. The number of rotatable bonds is 5. The molecule has 0 radical (unpaired) electrons. The van der Waals surface area contributed by atoms with Gasteiger partial charge in [-0.1, -0.05) is 19.1 Å². The number of imidazole rings is 1. The van der Waals surface area contributed by atoms with Crippen molar-refractivity contribution in [3.05, 3.63) is 41.7 Å². The van der Waals surface area contributed by atoms with Crippen LogP contribution in [0.1, 0.15) is 30.8 Å². The molecule has 0 unspecified atom stereocenters. The van der Waals surface area contributed by atoms with E-state index in [1.807, 2.05) is 6.07 Å². The maximum atomic E-state index is 4.73. The van der Waals surface area contributed by atoms with Crippen LogP contribution in [-0.4, -0.2) is 30.9 Å². The quantitative estimate of drug-likeness (QED) is 0.780. The summed E-state index contributed by atoms with van der Waals surface area (Å²) >= 11 is 0. The van der Waals surface area contributed by atoms with Crippen LogP contribution in [0.5, 0.6) is 0 Å². The van der Waals surface area contributed by atoms with Crippen molar-refractivity contribution in [1.82, 2.24) is 29.6 Å². The van der Waals surface area contributed by atoms with E-state index in [1.54, 1.807) is 0 Å². The third-order valence-electron chi connectivity index (χ3n) is 5.03. The van der Waals surface area contributed by atoms with Gasteiger partial charge < -0.3 is 14.5 Å².